The van der Waals surface area contributed by atoms with E-state index in [1.54, 1.807) is 7.11 Å². The first kappa shape index (κ1) is 18.1. The number of carbonyl (C=O) groups excluding carboxylic acids is 1. The van der Waals surface area contributed by atoms with E-state index in [2.05, 4.69) is 36.9 Å². The van der Waals surface area contributed by atoms with E-state index < -0.39 is 0 Å². The Balaban J connectivity index is 1.53. The largest absolute Gasteiger partial charge is 0.493 e. The Hall–Kier alpha value is -2.69. The number of rotatable bonds is 5. The molecule has 1 fully saturated rings. The fourth-order valence-corrected chi connectivity index (χ4v) is 3.33. The minimum atomic E-state index is 0.0104. The number of nitrogens with zero attached hydrogens (tertiary/aromatic N) is 2. The van der Waals surface area contributed by atoms with Crippen molar-refractivity contribution in [1.82, 2.24) is 4.90 Å². The zero-order valence-corrected chi connectivity index (χ0v) is 15.7. The number of benzene rings is 2. The maximum absolute atomic E-state index is 12.5. The summed E-state index contributed by atoms with van der Waals surface area (Å²) in [4.78, 5) is 16.7. The van der Waals surface area contributed by atoms with E-state index in [9.17, 15) is 4.79 Å². The molecule has 1 saturated heterocycles. The molecule has 1 aliphatic heterocycles. The molecule has 1 heterocycles. The van der Waals surface area contributed by atoms with Crippen molar-refractivity contribution < 1.29 is 14.3 Å². The van der Waals surface area contributed by atoms with Gasteiger partial charge in [0.05, 0.1) is 7.11 Å². The first-order chi connectivity index (χ1) is 12.6. The third-order valence-electron chi connectivity index (χ3n) is 4.75. The number of hydrogen-bond donors (Lipinski definition) is 0. The molecule has 0 spiro atoms. The normalized spacial score (nSPS) is 14.3. The summed E-state index contributed by atoms with van der Waals surface area (Å²) in [6.45, 7) is 7.37. The van der Waals surface area contributed by atoms with Crippen LogP contribution in [-0.2, 0) is 4.79 Å². The highest BCUT2D eigenvalue weighted by atomic mass is 16.5. The molecule has 1 amide bonds. The number of aryl methyl sites for hydroxylation is 2. The minimum absolute atomic E-state index is 0.0104. The summed E-state index contributed by atoms with van der Waals surface area (Å²) >= 11 is 0. The number of anilines is 1. The Kier molecular flexibility index (Phi) is 5.66. The van der Waals surface area contributed by atoms with Crippen LogP contribution in [0.25, 0.3) is 0 Å². The highest BCUT2D eigenvalue weighted by molar-refractivity contribution is 5.78. The Morgan fingerprint density at radius 3 is 2.35 bits per heavy atom. The van der Waals surface area contributed by atoms with E-state index >= 15 is 0 Å². The summed E-state index contributed by atoms with van der Waals surface area (Å²) in [5.74, 6) is 1.24. The Morgan fingerprint density at radius 2 is 1.69 bits per heavy atom. The van der Waals surface area contributed by atoms with Gasteiger partial charge in [-0.25, -0.2) is 0 Å². The number of piperazine rings is 1. The van der Waals surface area contributed by atoms with Crippen LogP contribution < -0.4 is 14.4 Å². The van der Waals surface area contributed by atoms with Crippen molar-refractivity contribution in [2.45, 2.75) is 13.8 Å². The molecule has 5 heteroatoms. The van der Waals surface area contributed by atoms with E-state index in [1.807, 2.05) is 29.2 Å². The zero-order chi connectivity index (χ0) is 18.5. The second-order valence-electron chi connectivity index (χ2n) is 6.60. The Morgan fingerprint density at radius 1 is 1.00 bits per heavy atom. The van der Waals surface area contributed by atoms with Crippen molar-refractivity contribution in [3.63, 3.8) is 0 Å². The lowest BCUT2D eigenvalue weighted by atomic mass is 10.1. The lowest BCUT2D eigenvalue weighted by Gasteiger charge is -2.36. The van der Waals surface area contributed by atoms with Crippen molar-refractivity contribution in [1.29, 1.82) is 0 Å². The highest BCUT2D eigenvalue weighted by Crippen LogP contribution is 2.26. The van der Waals surface area contributed by atoms with Gasteiger partial charge in [0.1, 0.15) is 0 Å². The molecule has 0 aliphatic carbocycles. The van der Waals surface area contributed by atoms with E-state index in [0.717, 1.165) is 13.1 Å². The molecule has 0 unspecified atom stereocenters. The summed E-state index contributed by atoms with van der Waals surface area (Å²) in [5.41, 5.74) is 3.81. The Labute approximate surface area is 155 Å². The van der Waals surface area contributed by atoms with Gasteiger partial charge in [0.25, 0.3) is 5.91 Å². The van der Waals surface area contributed by atoms with E-state index in [0.29, 0.717) is 24.6 Å². The van der Waals surface area contributed by atoms with Crippen molar-refractivity contribution in [3.05, 3.63) is 53.6 Å². The van der Waals surface area contributed by atoms with Gasteiger partial charge in [-0.05, 0) is 37.6 Å². The molecule has 0 atom stereocenters. The second kappa shape index (κ2) is 8.13. The second-order valence-corrected chi connectivity index (χ2v) is 6.60. The van der Waals surface area contributed by atoms with Crippen LogP contribution in [0.1, 0.15) is 11.1 Å². The van der Waals surface area contributed by atoms with Gasteiger partial charge < -0.3 is 19.3 Å². The average Bonchev–Trinajstić information content (AvgIpc) is 2.66. The molecule has 1 aliphatic rings. The van der Waals surface area contributed by atoms with Crippen LogP contribution in [0.4, 0.5) is 5.69 Å². The standard InChI is InChI=1S/C21H26N2O3/c1-16-8-9-18(17(2)14-16)22-10-12-23(13-11-22)21(24)15-26-20-7-5-4-6-19(20)25-3/h4-9,14H,10-13,15H2,1-3H3. The maximum Gasteiger partial charge on any atom is 0.260 e. The molecule has 0 radical (unpaired) electrons. The van der Waals surface area contributed by atoms with Gasteiger partial charge in [-0.15, -0.1) is 0 Å². The lowest BCUT2D eigenvalue weighted by molar-refractivity contribution is -0.133. The average molecular weight is 354 g/mol. The van der Waals surface area contributed by atoms with Gasteiger partial charge in [0.2, 0.25) is 0 Å². The summed E-state index contributed by atoms with van der Waals surface area (Å²) in [5, 5.41) is 0. The Bertz CT molecular complexity index is 768. The van der Waals surface area contributed by atoms with Gasteiger partial charge in [-0.2, -0.15) is 0 Å². The quantitative estimate of drug-likeness (QED) is 0.828. The maximum atomic E-state index is 12.5. The van der Waals surface area contributed by atoms with Gasteiger partial charge in [0.15, 0.2) is 18.1 Å². The van der Waals surface area contributed by atoms with Crippen molar-refractivity contribution in [2.24, 2.45) is 0 Å². The number of ether oxygens (including phenoxy) is 2. The van der Waals surface area contributed by atoms with Crippen molar-refractivity contribution in [3.8, 4) is 11.5 Å². The topological polar surface area (TPSA) is 42.0 Å². The van der Waals surface area contributed by atoms with Gasteiger partial charge in [0, 0.05) is 31.9 Å². The van der Waals surface area contributed by atoms with Gasteiger partial charge in [-0.1, -0.05) is 29.8 Å². The molecule has 0 bridgehead atoms. The SMILES string of the molecule is COc1ccccc1OCC(=O)N1CCN(c2ccc(C)cc2C)CC1. The van der Waals surface area contributed by atoms with E-state index in [-0.39, 0.29) is 12.5 Å². The molecule has 138 valence electrons. The van der Waals surface area contributed by atoms with Gasteiger partial charge >= 0.3 is 0 Å². The van der Waals surface area contributed by atoms with Crippen LogP contribution in [0.3, 0.4) is 0 Å². The monoisotopic (exact) mass is 354 g/mol. The molecule has 2 aromatic rings. The van der Waals surface area contributed by atoms with Crippen molar-refractivity contribution in [2.75, 3.05) is 44.8 Å². The third kappa shape index (κ3) is 4.10. The lowest BCUT2D eigenvalue weighted by Crippen LogP contribution is -2.50. The molecular formula is C21H26N2O3. The van der Waals surface area contributed by atoms with E-state index in [1.165, 1.54) is 16.8 Å². The molecule has 26 heavy (non-hydrogen) atoms. The number of para-hydroxylation sites is 2. The third-order valence-corrected chi connectivity index (χ3v) is 4.75. The predicted molar refractivity (Wildman–Crippen MR) is 103 cm³/mol. The zero-order valence-electron chi connectivity index (χ0n) is 15.7. The van der Waals surface area contributed by atoms with Crippen LogP contribution in [-0.4, -0.2) is 50.7 Å². The number of carbonyl (C=O) groups is 1. The summed E-state index contributed by atoms with van der Waals surface area (Å²) < 4.78 is 10.9. The highest BCUT2D eigenvalue weighted by Gasteiger charge is 2.22. The molecule has 0 N–H and O–H groups in total. The number of amides is 1. The fraction of sp³-hybridized carbons (Fsp3) is 0.381. The fourth-order valence-electron chi connectivity index (χ4n) is 3.33. The van der Waals surface area contributed by atoms with Crippen LogP contribution in [0, 0.1) is 13.8 Å². The minimum Gasteiger partial charge on any atom is -0.493 e. The predicted octanol–water partition coefficient (Wildman–Crippen LogP) is 3.04. The van der Waals surface area contributed by atoms with Crippen molar-refractivity contribution >= 4 is 11.6 Å². The summed E-state index contributed by atoms with van der Waals surface area (Å²) in [7, 11) is 1.59. The van der Waals surface area contributed by atoms with Gasteiger partial charge in [-0.3, -0.25) is 4.79 Å². The molecule has 3 rings (SSSR count). The van der Waals surface area contributed by atoms with Crippen LogP contribution in [0.15, 0.2) is 42.5 Å². The summed E-state index contributed by atoms with van der Waals surface area (Å²) in [6, 6.07) is 13.9. The first-order valence-corrected chi connectivity index (χ1v) is 8.94. The molecule has 5 nitrogen and oxygen atoms in total. The molecule has 0 saturated carbocycles. The smallest absolute Gasteiger partial charge is 0.260 e. The summed E-state index contributed by atoms with van der Waals surface area (Å²) in [6.07, 6.45) is 0. The number of hydrogen-bond acceptors (Lipinski definition) is 4. The van der Waals surface area contributed by atoms with Crippen LogP contribution in [0.2, 0.25) is 0 Å². The molecular weight excluding hydrogens is 328 g/mol. The molecule has 2 aromatic carbocycles. The molecule has 0 aromatic heterocycles. The van der Waals surface area contributed by atoms with Crippen LogP contribution >= 0.6 is 0 Å². The first-order valence-electron chi connectivity index (χ1n) is 8.94. The number of methoxy groups -OCH3 is 1. The van der Waals surface area contributed by atoms with Crippen LogP contribution in [0.5, 0.6) is 11.5 Å². The van der Waals surface area contributed by atoms with E-state index in [4.69, 9.17) is 9.47 Å².